The molecule has 1 N–H and O–H groups in total. The molecule has 3 rings (SSSR count). The highest BCUT2D eigenvalue weighted by Crippen LogP contribution is 2.26. The number of carbonyl (C=O) groups excluding carboxylic acids is 1. The first-order chi connectivity index (χ1) is 13.2. The Kier molecular flexibility index (Phi) is 7.14. The first-order valence-electron chi connectivity index (χ1n) is 10.0. The van der Waals surface area contributed by atoms with E-state index in [1.807, 2.05) is 43.3 Å². The van der Waals surface area contributed by atoms with E-state index in [1.165, 1.54) is 32.1 Å². The molecule has 4 nitrogen and oxygen atoms in total. The molecule has 0 atom stereocenters. The maximum atomic E-state index is 12.3. The lowest BCUT2D eigenvalue weighted by atomic mass is 9.87. The van der Waals surface area contributed by atoms with Crippen molar-refractivity contribution >= 4 is 11.6 Å². The predicted molar refractivity (Wildman–Crippen MR) is 109 cm³/mol. The molecule has 1 aliphatic rings. The number of hydrogen-bond donors (Lipinski definition) is 1. The van der Waals surface area contributed by atoms with Crippen molar-refractivity contribution in [2.24, 2.45) is 5.92 Å². The highest BCUT2D eigenvalue weighted by atomic mass is 16.5. The number of nitrogens with one attached hydrogen (secondary N) is 1. The van der Waals surface area contributed by atoms with Crippen LogP contribution in [0.25, 0.3) is 0 Å². The summed E-state index contributed by atoms with van der Waals surface area (Å²) in [4.78, 5) is 12.3. The van der Waals surface area contributed by atoms with Gasteiger partial charge < -0.3 is 14.8 Å². The summed E-state index contributed by atoms with van der Waals surface area (Å²) < 4.78 is 11.3. The monoisotopic (exact) mass is 367 g/mol. The number of hydrogen-bond acceptors (Lipinski definition) is 3. The molecule has 0 aromatic heterocycles. The molecule has 0 saturated heterocycles. The van der Waals surface area contributed by atoms with E-state index in [-0.39, 0.29) is 5.91 Å². The van der Waals surface area contributed by atoms with Gasteiger partial charge in [-0.1, -0.05) is 32.1 Å². The van der Waals surface area contributed by atoms with Crippen molar-refractivity contribution in [2.45, 2.75) is 45.4 Å². The second-order valence-electron chi connectivity index (χ2n) is 7.08. The van der Waals surface area contributed by atoms with Crippen molar-refractivity contribution in [2.75, 3.05) is 18.5 Å². The van der Waals surface area contributed by atoms with E-state index in [9.17, 15) is 4.79 Å². The number of carbonyl (C=O) groups is 1. The van der Waals surface area contributed by atoms with Gasteiger partial charge in [-0.3, -0.25) is 4.79 Å². The molecule has 0 radical (unpaired) electrons. The Labute approximate surface area is 161 Å². The first-order valence-corrected chi connectivity index (χ1v) is 10.0. The third kappa shape index (κ3) is 6.02. The lowest BCUT2D eigenvalue weighted by molar-refractivity contribution is 0.102. The lowest BCUT2D eigenvalue weighted by Gasteiger charge is -2.21. The van der Waals surface area contributed by atoms with Gasteiger partial charge in [0.15, 0.2) is 0 Å². The van der Waals surface area contributed by atoms with Crippen LogP contribution in [0.5, 0.6) is 11.5 Å². The summed E-state index contributed by atoms with van der Waals surface area (Å²) in [6.07, 6.45) is 7.96. The molecule has 0 spiro atoms. The van der Waals surface area contributed by atoms with Gasteiger partial charge in [0.05, 0.1) is 13.2 Å². The van der Waals surface area contributed by atoms with E-state index in [0.717, 1.165) is 36.1 Å². The zero-order valence-corrected chi connectivity index (χ0v) is 16.1. The van der Waals surface area contributed by atoms with Gasteiger partial charge in [0, 0.05) is 11.3 Å². The van der Waals surface area contributed by atoms with Crippen molar-refractivity contribution < 1.29 is 14.3 Å². The summed E-state index contributed by atoms with van der Waals surface area (Å²) in [6.45, 7) is 3.31. The average Bonchev–Trinajstić information content (AvgIpc) is 2.71. The van der Waals surface area contributed by atoms with Crippen molar-refractivity contribution in [1.29, 1.82) is 0 Å². The average molecular weight is 367 g/mol. The van der Waals surface area contributed by atoms with Crippen LogP contribution in [0.4, 0.5) is 5.69 Å². The molecule has 0 unspecified atom stereocenters. The number of ether oxygens (including phenoxy) is 2. The van der Waals surface area contributed by atoms with Crippen LogP contribution >= 0.6 is 0 Å². The Hall–Kier alpha value is -2.49. The Bertz CT molecular complexity index is 703. The van der Waals surface area contributed by atoms with Crippen LogP contribution in [-0.2, 0) is 0 Å². The third-order valence-electron chi connectivity index (χ3n) is 5.06. The molecule has 0 bridgehead atoms. The second kappa shape index (κ2) is 10.0. The standard InChI is InChI=1S/C23H29NO3/c1-2-26-21-12-8-19(9-13-21)23(25)24-20-10-14-22(15-11-20)27-17-16-18-6-4-3-5-7-18/h8-15,18H,2-7,16-17H2,1H3,(H,24,25). The summed E-state index contributed by atoms with van der Waals surface area (Å²) in [6, 6.07) is 14.7. The van der Waals surface area contributed by atoms with Crippen LogP contribution in [0.15, 0.2) is 48.5 Å². The van der Waals surface area contributed by atoms with Crippen LogP contribution in [0.3, 0.4) is 0 Å². The van der Waals surface area contributed by atoms with Crippen molar-refractivity contribution in [3.8, 4) is 11.5 Å². The van der Waals surface area contributed by atoms with Gasteiger partial charge >= 0.3 is 0 Å². The van der Waals surface area contributed by atoms with Gasteiger partial charge in [-0.15, -0.1) is 0 Å². The molecule has 144 valence electrons. The quantitative estimate of drug-likeness (QED) is 0.652. The van der Waals surface area contributed by atoms with E-state index in [2.05, 4.69) is 5.32 Å². The Balaban J connectivity index is 1.45. The molecular weight excluding hydrogens is 338 g/mol. The maximum Gasteiger partial charge on any atom is 0.255 e. The fourth-order valence-corrected chi connectivity index (χ4v) is 3.53. The molecule has 1 aliphatic carbocycles. The van der Waals surface area contributed by atoms with Crippen molar-refractivity contribution in [3.63, 3.8) is 0 Å². The molecule has 2 aromatic rings. The van der Waals surface area contributed by atoms with E-state index < -0.39 is 0 Å². The summed E-state index contributed by atoms with van der Waals surface area (Å²) in [5, 5.41) is 2.91. The summed E-state index contributed by atoms with van der Waals surface area (Å²) >= 11 is 0. The zero-order valence-electron chi connectivity index (χ0n) is 16.1. The Morgan fingerprint density at radius 2 is 1.56 bits per heavy atom. The SMILES string of the molecule is CCOc1ccc(C(=O)Nc2ccc(OCCC3CCCCC3)cc2)cc1. The molecule has 1 saturated carbocycles. The highest BCUT2D eigenvalue weighted by Gasteiger charge is 2.13. The molecule has 4 heteroatoms. The fraction of sp³-hybridized carbons (Fsp3) is 0.435. The predicted octanol–water partition coefficient (Wildman–Crippen LogP) is 5.69. The Morgan fingerprint density at radius 1 is 0.926 bits per heavy atom. The molecule has 1 amide bonds. The van der Waals surface area contributed by atoms with Crippen molar-refractivity contribution in [1.82, 2.24) is 0 Å². The molecule has 1 fully saturated rings. The third-order valence-corrected chi connectivity index (χ3v) is 5.06. The largest absolute Gasteiger partial charge is 0.494 e. The van der Waals surface area contributed by atoms with Gasteiger partial charge in [0.2, 0.25) is 0 Å². The van der Waals surface area contributed by atoms with Gasteiger partial charge in [0.1, 0.15) is 11.5 Å². The fourth-order valence-electron chi connectivity index (χ4n) is 3.53. The smallest absolute Gasteiger partial charge is 0.255 e. The van der Waals surface area contributed by atoms with E-state index in [0.29, 0.717) is 12.2 Å². The van der Waals surface area contributed by atoms with Crippen LogP contribution in [0.2, 0.25) is 0 Å². The number of amides is 1. The van der Waals surface area contributed by atoms with E-state index in [1.54, 1.807) is 12.1 Å². The summed E-state index contributed by atoms with van der Waals surface area (Å²) in [7, 11) is 0. The normalized spacial score (nSPS) is 14.6. The molecule has 2 aromatic carbocycles. The number of anilines is 1. The summed E-state index contributed by atoms with van der Waals surface area (Å²) in [5.41, 5.74) is 1.36. The minimum atomic E-state index is -0.135. The molecule has 0 heterocycles. The maximum absolute atomic E-state index is 12.3. The summed E-state index contributed by atoms with van der Waals surface area (Å²) in [5.74, 6) is 2.31. The van der Waals surface area contributed by atoms with Crippen LogP contribution in [0.1, 0.15) is 55.8 Å². The first kappa shape index (κ1) is 19.3. The minimum Gasteiger partial charge on any atom is -0.494 e. The minimum absolute atomic E-state index is 0.135. The zero-order chi connectivity index (χ0) is 18.9. The van der Waals surface area contributed by atoms with Gasteiger partial charge in [-0.25, -0.2) is 0 Å². The van der Waals surface area contributed by atoms with E-state index >= 15 is 0 Å². The Morgan fingerprint density at radius 3 is 2.22 bits per heavy atom. The van der Waals surface area contributed by atoms with Crippen molar-refractivity contribution in [3.05, 3.63) is 54.1 Å². The van der Waals surface area contributed by atoms with Crippen LogP contribution in [-0.4, -0.2) is 19.1 Å². The van der Waals surface area contributed by atoms with Crippen LogP contribution in [0, 0.1) is 5.92 Å². The van der Waals surface area contributed by atoms with Gasteiger partial charge in [-0.05, 0) is 67.8 Å². The van der Waals surface area contributed by atoms with Gasteiger partial charge in [-0.2, -0.15) is 0 Å². The second-order valence-corrected chi connectivity index (χ2v) is 7.08. The van der Waals surface area contributed by atoms with Crippen LogP contribution < -0.4 is 14.8 Å². The van der Waals surface area contributed by atoms with Gasteiger partial charge in [0.25, 0.3) is 5.91 Å². The molecular formula is C23H29NO3. The highest BCUT2D eigenvalue weighted by molar-refractivity contribution is 6.04. The van der Waals surface area contributed by atoms with E-state index in [4.69, 9.17) is 9.47 Å². The molecule has 0 aliphatic heterocycles. The molecule has 27 heavy (non-hydrogen) atoms. The number of benzene rings is 2. The topological polar surface area (TPSA) is 47.6 Å². The lowest BCUT2D eigenvalue weighted by Crippen LogP contribution is -2.12. The number of rotatable bonds is 8.